The third-order valence-electron chi connectivity index (χ3n) is 7.49. The number of rotatable bonds is 6. The summed E-state index contributed by atoms with van der Waals surface area (Å²) in [5.74, 6) is -1.02. The molecule has 3 aliphatic rings. The first-order chi connectivity index (χ1) is 15.4. The molecule has 2 fully saturated rings. The average Bonchev–Trinajstić information content (AvgIpc) is 3.34. The van der Waals surface area contributed by atoms with Gasteiger partial charge in [0.1, 0.15) is 5.92 Å². The molecule has 0 amide bonds. The van der Waals surface area contributed by atoms with Crippen LogP contribution in [0.2, 0.25) is 0 Å². The van der Waals surface area contributed by atoms with Crippen LogP contribution in [0.1, 0.15) is 11.1 Å². The summed E-state index contributed by atoms with van der Waals surface area (Å²) in [6, 6.07) is 19.7. The van der Waals surface area contributed by atoms with Crippen LogP contribution in [0.4, 0.5) is 0 Å². The SMILES string of the molecule is O=[N+]([O-])[C@]12CN(Cc3ccccc3)C[C@H]1C=C[C@]1([N+](=O)[O-])CN(Cc3ccccc3)C[C@H]21. The van der Waals surface area contributed by atoms with Gasteiger partial charge in [0.2, 0.25) is 0 Å². The van der Waals surface area contributed by atoms with Crippen LogP contribution in [-0.2, 0) is 13.1 Å². The van der Waals surface area contributed by atoms with Crippen LogP contribution in [0, 0.1) is 32.1 Å². The van der Waals surface area contributed by atoms with Crippen molar-refractivity contribution in [1.82, 2.24) is 9.80 Å². The van der Waals surface area contributed by atoms with Gasteiger partial charge in [0.25, 0.3) is 11.1 Å². The van der Waals surface area contributed by atoms with Crippen molar-refractivity contribution in [3.63, 3.8) is 0 Å². The molecular weight excluding hydrogens is 408 g/mol. The monoisotopic (exact) mass is 434 g/mol. The maximum Gasteiger partial charge on any atom is 0.263 e. The molecule has 2 aliphatic heterocycles. The van der Waals surface area contributed by atoms with Crippen molar-refractivity contribution in [2.75, 3.05) is 26.2 Å². The summed E-state index contributed by atoms with van der Waals surface area (Å²) in [5.41, 5.74) is -0.646. The first-order valence-electron chi connectivity index (χ1n) is 10.9. The van der Waals surface area contributed by atoms with Crippen molar-refractivity contribution in [3.8, 4) is 0 Å². The Balaban J connectivity index is 1.47. The average molecular weight is 434 g/mol. The molecule has 0 N–H and O–H groups in total. The van der Waals surface area contributed by atoms with Crippen LogP contribution < -0.4 is 0 Å². The van der Waals surface area contributed by atoms with E-state index in [2.05, 4.69) is 4.90 Å². The molecule has 5 rings (SSSR count). The summed E-state index contributed by atoms with van der Waals surface area (Å²) < 4.78 is 0. The van der Waals surface area contributed by atoms with Gasteiger partial charge in [-0.15, -0.1) is 0 Å². The molecule has 0 aromatic heterocycles. The highest BCUT2D eigenvalue weighted by molar-refractivity contribution is 5.28. The zero-order chi connectivity index (χ0) is 22.3. The molecule has 0 radical (unpaired) electrons. The number of fused-ring (bicyclic) bond motifs is 3. The van der Waals surface area contributed by atoms with Crippen LogP contribution in [0.3, 0.4) is 0 Å². The summed E-state index contributed by atoms with van der Waals surface area (Å²) in [4.78, 5) is 28.6. The van der Waals surface area contributed by atoms with Crippen LogP contribution in [-0.4, -0.2) is 56.9 Å². The molecule has 0 bridgehead atoms. The lowest BCUT2D eigenvalue weighted by Crippen LogP contribution is -2.63. The lowest BCUT2D eigenvalue weighted by Gasteiger charge is -2.38. The summed E-state index contributed by atoms with van der Waals surface area (Å²) >= 11 is 0. The number of nitrogens with zero attached hydrogens (tertiary/aromatic N) is 4. The fourth-order valence-corrected chi connectivity index (χ4v) is 6.05. The Labute approximate surface area is 186 Å². The van der Waals surface area contributed by atoms with E-state index in [0.29, 0.717) is 26.2 Å². The molecule has 8 heteroatoms. The third kappa shape index (κ3) is 3.22. The zero-order valence-corrected chi connectivity index (χ0v) is 17.7. The number of likely N-dealkylation sites (tertiary alicyclic amines) is 2. The molecular formula is C24H26N4O4. The summed E-state index contributed by atoms with van der Waals surface area (Å²) in [5, 5.41) is 25.0. The van der Waals surface area contributed by atoms with Crippen molar-refractivity contribution in [2.24, 2.45) is 11.8 Å². The number of nitro groups is 2. The molecule has 1 aliphatic carbocycles. The predicted octanol–water partition coefficient (Wildman–Crippen LogP) is 2.85. The minimum absolute atomic E-state index is 0.192. The summed E-state index contributed by atoms with van der Waals surface area (Å²) in [6.07, 6.45) is 3.43. The van der Waals surface area contributed by atoms with Crippen LogP contribution in [0.15, 0.2) is 72.8 Å². The second kappa shape index (κ2) is 7.79. The van der Waals surface area contributed by atoms with E-state index in [1.807, 2.05) is 65.6 Å². The van der Waals surface area contributed by atoms with Crippen LogP contribution in [0.25, 0.3) is 0 Å². The highest BCUT2D eigenvalue weighted by atomic mass is 16.6. The Hall–Kier alpha value is -3.10. The van der Waals surface area contributed by atoms with Gasteiger partial charge in [0, 0.05) is 36.0 Å². The Morgan fingerprint density at radius 2 is 1.38 bits per heavy atom. The molecule has 2 aromatic carbocycles. The van der Waals surface area contributed by atoms with E-state index in [4.69, 9.17) is 0 Å². The molecule has 4 atom stereocenters. The Kier molecular flexibility index (Phi) is 5.06. The lowest BCUT2D eigenvalue weighted by atomic mass is 9.64. The van der Waals surface area contributed by atoms with E-state index in [9.17, 15) is 20.2 Å². The maximum atomic E-state index is 12.6. The van der Waals surface area contributed by atoms with E-state index < -0.39 is 17.0 Å². The van der Waals surface area contributed by atoms with Gasteiger partial charge in [-0.1, -0.05) is 66.7 Å². The van der Waals surface area contributed by atoms with Crippen molar-refractivity contribution < 1.29 is 9.85 Å². The van der Waals surface area contributed by atoms with E-state index in [1.165, 1.54) is 0 Å². The molecule has 8 nitrogen and oxygen atoms in total. The van der Waals surface area contributed by atoms with Gasteiger partial charge in [-0.25, -0.2) is 0 Å². The highest BCUT2D eigenvalue weighted by Crippen LogP contribution is 2.51. The van der Waals surface area contributed by atoms with Crippen molar-refractivity contribution >= 4 is 0 Å². The minimum Gasteiger partial charge on any atom is -0.291 e. The Morgan fingerprint density at radius 1 is 0.812 bits per heavy atom. The van der Waals surface area contributed by atoms with Crippen LogP contribution >= 0.6 is 0 Å². The standard InChI is InChI=1S/C24H26N4O4/c29-27(30)23-12-11-21-15-25(13-19-7-3-1-4-8-19)18-24(21,28(31)32)22(23)16-26(17-23)14-20-9-5-2-6-10-20/h1-12,21-22H,13-18H2/t21-,22+,23+,24-/m1/s1. The van der Waals surface area contributed by atoms with E-state index in [0.717, 1.165) is 11.1 Å². The number of hydrogen-bond donors (Lipinski definition) is 0. The number of hydrogen-bond acceptors (Lipinski definition) is 6. The zero-order valence-electron chi connectivity index (χ0n) is 17.7. The van der Waals surface area contributed by atoms with E-state index in [1.54, 1.807) is 12.2 Å². The molecule has 2 aromatic rings. The topological polar surface area (TPSA) is 92.8 Å². The van der Waals surface area contributed by atoms with E-state index in [-0.39, 0.29) is 28.9 Å². The van der Waals surface area contributed by atoms with Gasteiger partial charge in [-0.05, 0) is 17.2 Å². The van der Waals surface area contributed by atoms with E-state index >= 15 is 0 Å². The van der Waals surface area contributed by atoms with Crippen molar-refractivity contribution in [3.05, 3.63) is 104 Å². The quantitative estimate of drug-likeness (QED) is 0.394. The van der Waals surface area contributed by atoms with Gasteiger partial charge in [-0.3, -0.25) is 30.0 Å². The fourth-order valence-electron chi connectivity index (χ4n) is 6.05. The smallest absolute Gasteiger partial charge is 0.263 e. The summed E-state index contributed by atoms with van der Waals surface area (Å²) in [6.45, 7) is 2.45. The first-order valence-corrected chi connectivity index (χ1v) is 10.9. The van der Waals surface area contributed by atoms with Gasteiger partial charge < -0.3 is 0 Å². The molecule has 0 saturated carbocycles. The molecule has 0 spiro atoms. The molecule has 166 valence electrons. The molecule has 32 heavy (non-hydrogen) atoms. The normalized spacial score (nSPS) is 31.9. The van der Waals surface area contributed by atoms with Gasteiger partial charge in [-0.2, -0.15) is 0 Å². The van der Waals surface area contributed by atoms with Crippen molar-refractivity contribution in [2.45, 2.75) is 24.2 Å². The second-order valence-electron chi connectivity index (χ2n) is 9.33. The molecule has 2 saturated heterocycles. The second-order valence-corrected chi connectivity index (χ2v) is 9.33. The molecule has 2 heterocycles. The highest BCUT2D eigenvalue weighted by Gasteiger charge is 2.74. The lowest BCUT2D eigenvalue weighted by molar-refractivity contribution is -0.622. The Bertz CT molecular complexity index is 1050. The Morgan fingerprint density at radius 3 is 1.91 bits per heavy atom. The summed E-state index contributed by atoms with van der Waals surface area (Å²) in [7, 11) is 0. The maximum absolute atomic E-state index is 12.6. The fraction of sp³-hybridized carbons (Fsp3) is 0.417. The molecule has 0 unspecified atom stereocenters. The third-order valence-corrected chi connectivity index (χ3v) is 7.49. The predicted molar refractivity (Wildman–Crippen MR) is 119 cm³/mol. The largest absolute Gasteiger partial charge is 0.291 e. The van der Waals surface area contributed by atoms with Crippen LogP contribution in [0.5, 0.6) is 0 Å². The number of benzene rings is 2. The van der Waals surface area contributed by atoms with Gasteiger partial charge >= 0.3 is 0 Å². The minimum atomic E-state index is -1.43. The van der Waals surface area contributed by atoms with Gasteiger partial charge in [0.15, 0.2) is 0 Å². The van der Waals surface area contributed by atoms with Gasteiger partial charge in [0.05, 0.1) is 19.0 Å². The first kappa shape index (κ1) is 20.8. The van der Waals surface area contributed by atoms with Crippen molar-refractivity contribution in [1.29, 1.82) is 0 Å².